The number of anilines is 2. The van der Waals surface area contributed by atoms with E-state index in [0.717, 1.165) is 29.0 Å². The zero-order valence-electron chi connectivity index (χ0n) is 16.9. The molecular weight excluding hydrogens is 442 g/mol. The number of aromatic nitrogens is 1. The van der Waals surface area contributed by atoms with Gasteiger partial charge in [0.15, 0.2) is 5.13 Å². The number of hydrogen-bond donors (Lipinski definition) is 2. The minimum Gasteiger partial charge on any atom is -0.298 e. The van der Waals surface area contributed by atoms with E-state index in [4.69, 9.17) is 0 Å². The number of carbonyl (C=O) groups is 1. The van der Waals surface area contributed by atoms with Gasteiger partial charge in [0.1, 0.15) is 0 Å². The molecule has 2 N–H and O–H groups in total. The van der Waals surface area contributed by atoms with Crippen LogP contribution in [-0.2, 0) is 22.9 Å². The van der Waals surface area contributed by atoms with Crippen molar-refractivity contribution < 1.29 is 13.2 Å². The number of thiazole rings is 1. The van der Waals surface area contributed by atoms with Gasteiger partial charge < -0.3 is 0 Å². The van der Waals surface area contributed by atoms with Gasteiger partial charge >= 0.3 is 0 Å². The van der Waals surface area contributed by atoms with Crippen molar-refractivity contribution in [3.8, 4) is 11.3 Å². The molecule has 0 fully saturated rings. The Morgan fingerprint density at radius 1 is 0.875 bits per heavy atom. The molecular formula is C24H19N3O3S2. The second-order valence-corrected chi connectivity index (χ2v) is 10.1. The van der Waals surface area contributed by atoms with Crippen LogP contribution < -0.4 is 10.0 Å². The van der Waals surface area contributed by atoms with Crippen LogP contribution in [0.3, 0.4) is 0 Å². The average molecular weight is 462 g/mol. The highest BCUT2D eigenvalue weighted by molar-refractivity contribution is 7.92. The Hall–Kier alpha value is -3.49. The third-order valence-corrected chi connectivity index (χ3v) is 7.69. The van der Waals surface area contributed by atoms with Crippen LogP contribution in [0.2, 0.25) is 0 Å². The predicted octanol–water partition coefficient (Wildman–Crippen LogP) is 4.96. The normalized spacial score (nSPS) is 12.5. The standard InChI is InChI=1S/C24H19N3O3S2/c28-23(26-24-25-22-18-11-5-4-8-16(18)14-15-21(22)31-24)19-12-6-7-13-20(19)27-32(29,30)17-9-2-1-3-10-17/h1-13,27H,14-15H2,(H,25,26,28). The van der Waals surface area contributed by atoms with Crippen molar-refractivity contribution in [2.45, 2.75) is 17.7 Å². The van der Waals surface area contributed by atoms with Gasteiger partial charge in [0.2, 0.25) is 0 Å². The number of fused-ring (bicyclic) bond motifs is 3. The fraction of sp³-hybridized carbons (Fsp3) is 0.0833. The first-order valence-electron chi connectivity index (χ1n) is 10.1. The van der Waals surface area contributed by atoms with E-state index >= 15 is 0 Å². The summed E-state index contributed by atoms with van der Waals surface area (Å²) in [6, 6.07) is 22.7. The molecule has 1 heterocycles. The first-order valence-corrected chi connectivity index (χ1v) is 12.4. The van der Waals surface area contributed by atoms with Crippen LogP contribution in [-0.4, -0.2) is 19.3 Å². The number of nitrogens with one attached hydrogen (secondary N) is 2. The Kier molecular flexibility index (Phi) is 5.24. The molecule has 6 nitrogen and oxygen atoms in total. The lowest BCUT2D eigenvalue weighted by Crippen LogP contribution is -2.18. The molecule has 32 heavy (non-hydrogen) atoms. The van der Waals surface area contributed by atoms with Gasteiger partial charge in [0, 0.05) is 10.4 Å². The number of benzene rings is 3. The molecule has 0 saturated carbocycles. The fourth-order valence-electron chi connectivity index (χ4n) is 3.74. The Morgan fingerprint density at radius 3 is 2.44 bits per heavy atom. The maximum Gasteiger partial charge on any atom is 0.261 e. The molecule has 0 spiro atoms. The molecule has 1 aliphatic carbocycles. The van der Waals surface area contributed by atoms with E-state index in [1.807, 2.05) is 18.2 Å². The molecule has 1 amide bonds. The monoisotopic (exact) mass is 461 g/mol. The molecule has 1 aromatic heterocycles. The van der Waals surface area contributed by atoms with E-state index < -0.39 is 15.9 Å². The van der Waals surface area contributed by atoms with E-state index in [-0.39, 0.29) is 16.1 Å². The molecule has 8 heteroatoms. The lowest BCUT2D eigenvalue weighted by molar-refractivity contribution is 0.102. The van der Waals surface area contributed by atoms with Crippen LogP contribution in [0.1, 0.15) is 20.8 Å². The molecule has 0 bridgehead atoms. The number of amides is 1. The van der Waals surface area contributed by atoms with Gasteiger partial charge in [-0.15, -0.1) is 11.3 Å². The van der Waals surface area contributed by atoms with Crippen LogP contribution in [0.15, 0.2) is 83.8 Å². The Balaban J connectivity index is 1.41. The van der Waals surface area contributed by atoms with Crippen molar-refractivity contribution >= 4 is 38.1 Å². The first kappa shape index (κ1) is 20.4. The third-order valence-electron chi connectivity index (χ3n) is 5.28. The highest BCUT2D eigenvalue weighted by Crippen LogP contribution is 2.38. The fourth-order valence-corrected chi connectivity index (χ4v) is 5.81. The summed E-state index contributed by atoms with van der Waals surface area (Å²) in [7, 11) is -3.82. The van der Waals surface area contributed by atoms with E-state index in [0.29, 0.717) is 5.13 Å². The van der Waals surface area contributed by atoms with Gasteiger partial charge in [-0.3, -0.25) is 14.8 Å². The molecule has 0 saturated heterocycles. The summed E-state index contributed by atoms with van der Waals surface area (Å²) in [6.07, 6.45) is 1.83. The maximum absolute atomic E-state index is 13.0. The molecule has 0 atom stereocenters. The molecule has 0 unspecified atom stereocenters. The number of carbonyl (C=O) groups excluding carboxylic acids is 1. The smallest absolute Gasteiger partial charge is 0.261 e. The van der Waals surface area contributed by atoms with E-state index in [9.17, 15) is 13.2 Å². The van der Waals surface area contributed by atoms with Crippen LogP contribution in [0.5, 0.6) is 0 Å². The van der Waals surface area contributed by atoms with Crippen molar-refractivity contribution in [3.63, 3.8) is 0 Å². The van der Waals surface area contributed by atoms with Gasteiger partial charge in [-0.25, -0.2) is 13.4 Å². The summed E-state index contributed by atoms with van der Waals surface area (Å²) < 4.78 is 28.0. The van der Waals surface area contributed by atoms with Crippen molar-refractivity contribution in [1.82, 2.24) is 4.98 Å². The summed E-state index contributed by atoms with van der Waals surface area (Å²) in [5.74, 6) is -0.421. The average Bonchev–Trinajstić information content (AvgIpc) is 3.23. The summed E-state index contributed by atoms with van der Waals surface area (Å²) in [5.41, 5.74) is 3.69. The zero-order valence-corrected chi connectivity index (χ0v) is 18.5. The highest BCUT2D eigenvalue weighted by atomic mass is 32.2. The van der Waals surface area contributed by atoms with Crippen molar-refractivity contribution in [2.75, 3.05) is 10.0 Å². The van der Waals surface area contributed by atoms with Gasteiger partial charge in [0.05, 0.1) is 21.8 Å². The molecule has 1 aliphatic rings. The summed E-state index contributed by atoms with van der Waals surface area (Å²) in [4.78, 5) is 19.0. The number of nitrogens with zero attached hydrogens (tertiary/aromatic N) is 1. The Morgan fingerprint density at radius 2 is 1.59 bits per heavy atom. The van der Waals surface area contributed by atoms with E-state index in [1.54, 1.807) is 42.5 Å². The second kappa shape index (κ2) is 8.22. The van der Waals surface area contributed by atoms with Crippen LogP contribution in [0.4, 0.5) is 10.8 Å². The molecule has 4 aromatic rings. The van der Waals surface area contributed by atoms with Gasteiger partial charge in [-0.1, -0.05) is 54.6 Å². The van der Waals surface area contributed by atoms with Crippen molar-refractivity contribution in [2.24, 2.45) is 0 Å². The largest absolute Gasteiger partial charge is 0.298 e. The molecule has 160 valence electrons. The molecule has 0 radical (unpaired) electrons. The topological polar surface area (TPSA) is 88.2 Å². The molecule has 3 aromatic carbocycles. The van der Waals surface area contributed by atoms with E-state index in [1.165, 1.54) is 29.0 Å². The van der Waals surface area contributed by atoms with Crippen molar-refractivity contribution in [1.29, 1.82) is 0 Å². The maximum atomic E-state index is 13.0. The number of aryl methyl sites for hydroxylation is 2. The summed E-state index contributed by atoms with van der Waals surface area (Å²) in [6.45, 7) is 0. The minimum atomic E-state index is -3.82. The summed E-state index contributed by atoms with van der Waals surface area (Å²) >= 11 is 1.46. The number of hydrogen-bond acceptors (Lipinski definition) is 5. The van der Waals surface area contributed by atoms with Crippen LogP contribution in [0, 0.1) is 0 Å². The summed E-state index contributed by atoms with van der Waals surface area (Å²) in [5, 5.41) is 3.34. The first-order chi connectivity index (χ1) is 15.5. The highest BCUT2D eigenvalue weighted by Gasteiger charge is 2.23. The second-order valence-electron chi connectivity index (χ2n) is 7.37. The van der Waals surface area contributed by atoms with Gasteiger partial charge in [-0.2, -0.15) is 0 Å². The predicted molar refractivity (Wildman–Crippen MR) is 127 cm³/mol. The number of sulfonamides is 1. The quantitative estimate of drug-likeness (QED) is 0.440. The lowest BCUT2D eigenvalue weighted by Gasteiger charge is -2.13. The lowest BCUT2D eigenvalue weighted by atomic mass is 9.94. The zero-order chi connectivity index (χ0) is 22.1. The van der Waals surface area contributed by atoms with Crippen LogP contribution >= 0.6 is 11.3 Å². The SMILES string of the molecule is O=C(Nc1nc2c(s1)CCc1ccccc1-2)c1ccccc1NS(=O)(=O)c1ccccc1. The third kappa shape index (κ3) is 3.90. The Bertz CT molecular complexity index is 1410. The van der Waals surface area contributed by atoms with E-state index in [2.05, 4.69) is 21.1 Å². The van der Waals surface area contributed by atoms with Gasteiger partial charge in [0.25, 0.3) is 15.9 Å². The van der Waals surface area contributed by atoms with Crippen LogP contribution in [0.25, 0.3) is 11.3 Å². The number of rotatable bonds is 5. The molecule has 0 aliphatic heterocycles. The minimum absolute atomic E-state index is 0.126. The molecule has 5 rings (SSSR count). The van der Waals surface area contributed by atoms with Crippen molar-refractivity contribution in [3.05, 3.63) is 94.9 Å². The number of para-hydroxylation sites is 1. The Labute approximate surface area is 190 Å². The van der Waals surface area contributed by atoms with Gasteiger partial charge in [-0.05, 0) is 42.7 Å².